The maximum absolute atomic E-state index is 13.2. The molecule has 8 heteroatoms. The first kappa shape index (κ1) is 24.4. The number of hydrogen-bond donors (Lipinski definition) is 1. The summed E-state index contributed by atoms with van der Waals surface area (Å²) in [4.78, 5) is 39.5. The topological polar surface area (TPSA) is 77.4 Å². The molecule has 178 valence electrons. The number of amides is 1. The average Bonchev–Trinajstić information content (AvgIpc) is 3.48. The van der Waals surface area contributed by atoms with Crippen LogP contribution in [0.25, 0.3) is 12.2 Å². The van der Waals surface area contributed by atoms with Gasteiger partial charge in [-0.05, 0) is 35.6 Å². The number of ether oxygens (including phenoxy) is 1. The summed E-state index contributed by atoms with van der Waals surface area (Å²) < 4.78 is 7.16. The third-order valence-electron chi connectivity index (χ3n) is 5.15. The predicted molar refractivity (Wildman–Crippen MR) is 140 cm³/mol. The number of carbonyl (C=O) groups is 2. The first-order valence-electron chi connectivity index (χ1n) is 11.1. The predicted octanol–water partition coefficient (Wildman–Crippen LogP) is 3.05. The number of aromatic nitrogens is 1. The van der Waals surface area contributed by atoms with Crippen molar-refractivity contribution in [2.24, 2.45) is 0 Å². The average molecular weight is 505 g/mol. The highest BCUT2D eigenvalue weighted by molar-refractivity contribution is 7.11. The Bertz CT molecular complexity index is 1420. The van der Waals surface area contributed by atoms with Crippen LogP contribution in [0.3, 0.4) is 0 Å². The summed E-state index contributed by atoms with van der Waals surface area (Å²) in [5.74, 6) is -0.902. The zero-order valence-corrected chi connectivity index (χ0v) is 20.7. The van der Waals surface area contributed by atoms with Gasteiger partial charge in [0.05, 0.1) is 23.3 Å². The number of esters is 1. The summed E-state index contributed by atoms with van der Waals surface area (Å²) in [6.07, 6.45) is 3.03. The number of nitrogens with zero attached hydrogens (tertiary/aromatic N) is 1. The van der Waals surface area contributed by atoms with E-state index in [-0.39, 0.29) is 30.7 Å². The van der Waals surface area contributed by atoms with Gasteiger partial charge in [0.25, 0.3) is 5.56 Å². The van der Waals surface area contributed by atoms with Gasteiger partial charge in [-0.1, -0.05) is 66.7 Å². The fourth-order valence-corrected chi connectivity index (χ4v) is 5.33. The minimum atomic E-state index is -0.558. The molecule has 1 N–H and O–H groups in total. The fourth-order valence-electron chi connectivity index (χ4n) is 3.58. The minimum Gasteiger partial charge on any atom is -0.463 e. The standard InChI is InChI=1S/C27H24N2O4S2/c1-2-33-25(31)17-24-29(27(32)22(35-24)16-21-14-9-15-34-21)18-23(30)28-26(19-10-5-3-6-11-19)20-12-7-4-8-13-20/h3-17,26H,2,18H2,1H3,(H,28,30)/b22-16-,24-17-. The molecule has 0 radical (unpaired) electrons. The summed E-state index contributed by atoms with van der Waals surface area (Å²) in [7, 11) is 0. The lowest BCUT2D eigenvalue weighted by Crippen LogP contribution is -2.39. The van der Waals surface area contributed by atoms with E-state index in [9.17, 15) is 14.4 Å². The van der Waals surface area contributed by atoms with E-state index in [4.69, 9.17) is 4.74 Å². The maximum Gasteiger partial charge on any atom is 0.333 e. The van der Waals surface area contributed by atoms with Crippen LogP contribution in [-0.2, 0) is 20.9 Å². The summed E-state index contributed by atoms with van der Waals surface area (Å²) >= 11 is 2.66. The monoisotopic (exact) mass is 504 g/mol. The zero-order chi connectivity index (χ0) is 24.6. The van der Waals surface area contributed by atoms with Crippen LogP contribution in [0.5, 0.6) is 0 Å². The Balaban J connectivity index is 1.69. The molecule has 2 aromatic heterocycles. The van der Waals surface area contributed by atoms with Crippen molar-refractivity contribution in [1.29, 1.82) is 0 Å². The lowest BCUT2D eigenvalue weighted by Gasteiger charge is -2.20. The normalized spacial score (nSPS) is 12.2. The highest BCUT2D eigenvalue weighted by atomic mass is 32.1. The molecule has 0 unspecified atom stereocenters. The molecule has 0 bridgehead atoms. The first-order valence-corrected chi connectivity index (χ1v) is 12.8. The van der Waals surface area contributed by atoms with E-state index in [1.54, 1.807) is 13.0 Å². The molecule has 35 heavy (non-hydrogen) atoms. The van der Waals surface area contributed by atoms with Gasteiger partial charge in [-0.25, -0.2) is 4.79 Å². The van der Waals surface area contributed by atoms with Crippen molar-refractivity contribution in [3.8, 4) is 0 Å². The summed E-state index contributed by atoms with van der Waals surface area (Å²) in [5.41, 5.74) is 1.52. The largest absolute Gasteiger partial charge is 0.463 e. The van der Waals surface area contributed by atoms with Crippen LogP contribution < -0.4 is 20.1 Å². The summed E-state index contributed by atoms with van der Waals surface area (Å²) in [6.45, 7) is 1.70. The van der Waals surface area contributed by atoms with Gasteiger partial charge >= 0.3 is 5.97 Å². The molecule has 0 fully saturated rings. The molecule has 0 saturated heterocycles. The second-order valence-corrected chi connectivity index (χ2v) is 9.62. The van der Waals surface area contributed by atoms with Crippen LogP contribution in [-0.4, -0.2) is 23.1 Å². The molecule has 4 rings (SSSR count). The number of nitrogens with one attached hydrogen (secondary N) is 1. The number of carbonyl (C=O) groups excluding carboxylic acids is 2. The van der Waals surface area contributed by atoms with E-state index in [2.05, 4.69) is 5.32 Å². The molecule has 4 aromatic rings. The van der Waals surface area contributed by atoms with E-state index in [0.717, 1.165) is 27.3 Å². The van der Waals surface area contributed by atoms with Gasteiger partial charge in [0, 0.05) is 4.88 Å². The third kappa shape index (κ3) is 6.23. The van der Waals surface area contributed by atoms with Crippen LogP contribution in [0, 0.1) is 0 Å². The second-order valence-electron chi connectivity index (χ2n) is 7.57. The Morgan fingerprint density at radius 1 is 1.00 bits per heavy atom. The molecule has 0 atom stereocenters. The van der Waals surface area contributed by atoms with Crippen LogP contribution in [0.2, 0.25) is 0 Å². The van der Waals surface area contributed by atoms with Crippen molar-refractivity contribution >= 4 is 46.7 Å². The van der Waals surface area contributed by atoms with E-state index in [1.165, 1.54) is 22.0 Å². The van der Waals surface area contributed by atoms with Crippen LogP contribution in [0.15, 0.2) is 83.0 Å². The quantitative estimate of drug-likeness (QED) is 0.374. The van der Waals surface area contributed by atoms with Crippen molar-refractivity contribution < 1.29 is 14.3 Å². The van der Waals surface area contributed by atoms with Crippen molar-refractivity contribution in [3.63, 3.8) is 0 Å². The Labute approximate surface area is 210 Å². The molecular formula is C27H24N2O4S2. The number of rotatable bonds is 8. The summed E-state index contributed by atoms with van der Waals surface area (Å²) in [5, 5.41) is 4.97. The molecule has 0 spiro atoms. The lowest BCUT2D eigenvalue weighted by molar-refractivity contribution is -0.135. The molecule has 1 amide bonds. The van der Waals surface area contributed by atoms with Gasteiger partial charge in [0.15, 0.2) is 0 Å². The Hall–Kier alpha value is -3.75. The van der Waals surface area contributed by atoms with E-state index in [1.807, 2.05) is 78.2 Å². The molecular weight excluding hydrogens is 480 g/mol. The molecule has 2 heterocycles. The molecule has 0 aliphatic heterocycles. The van der Waals surface area contributed by atoms with Gasteiger partial charge in [-0.2, -0.15) is 0 Å². The molecule has 0 aliphatic carbocycles. The highest BCUT2D eigenvalue weighted by Crippen LogP contribution is 2.21. The van der Waals surface area contributed by atoms with Crippen molar-refractivity contribution in [2.75, 3.05) is 6.61 Å². The fraction of sp³-hybridized carbons (Fsp3) is 0.148. The van der Waals surface area contributed by atoms with Crippen molar-refractivity contribution in [2.45, 2.75) is 19.5 Å². The minimum absolute atomic E-state index is 0.218. The first-order chi connectivity index (χ1) is 17.0. The lowest BCUT2D eigenvalue weighted by atomic mass is 9.99. The van der Waals surface area contributed by atoms with E-state index < -0.39 is 5.97 Å². The van der Waals surface area contributed by atoms with Crippen molar-refractivity contribution in [3.05, 3.63) is 114 Å². The van der Waals surface area contributed by atoms with Gasteiger partial charge in [-0.15, -0.1) is 22.7 Å². The highest BCUT2D eigenvalue weighted by Gasteiger charge is 2.18. The third-order valence-corrected chi connectivity index (χ3v) is 7.03. The maximum atomic E-state index is 13.2. The molecule has 0 aliphatic rings. The molecule has 0 saturated carbocycles. The number of benzene rings is 2. The molecule has 6 nitrogen and oxygen atoms in total. The second kappa shape index (κ2) is 11.6. The van der Waals surface area contributed by atoms with Crippen LogP contribution in [0.1, 0.15) is 29.0 Å². The van der Waals surface area contributed by atoms with Gasteiger partial charge in [0.1, 0.15) is 11.2 Å². The Kier molecular flexibility index (Phi) is 8.07. The number of thiophene rings is 1. The zero-order valence-electron chi connectivity index (χ0n) is 19.0. The van der Waals surface area contributed by atoms with E-state index in [0.29, 0.717) is 9.20 Å². The molecule has 2 aromatic carbocycles. The Morgan fingerprint density at radius 2 is 1.66 bits per heavy atom. The number of hydrogen-bond acceptors (Lipinski definition) is 6. The SMILES string of the molecule is CCOC(=O)/C=c1\s/c(=C\c2cccs2)c(=O)n1CC(=O)NC(c1ccccc1)c1ccccc1. The van der Waals surface area contributed by atoms with Crippen LogP contribution in [0.4, 0.5) is 0 Å². The number of thiazole rings is 1. The summed E-state index contributed by atoms with van der Waals surface area (Å²) in [6, 6.07) is 22.7. The van der Waals surface area contributed by atoms with Crippen LogP contribution >= 0.6 is 22.7 Å². The van der Waals surface area contributed by atoms with E-state index >= 15 is 0 Å². The van der Waals surface area contributed by atoms with Gasteiger partial charge in [-0.3, -0.25) is 14.2 Å². The van der Waals surface area contributed by atoms with Gasteiger partial charge < -0.3 is 10.1 Å². The Morgan fingerprint density at radius 3 is 2.23 bits per heavy atom. The van der Waals surface area contributed by atoms with Crippen molar-refractivity contribution in [1.82, 2.24) is 9.88 Å². The smallest absolute Gasteiger partial charge is 0.333 e. The van der Waals surface area contributed by atoms with Gasteiger partial charge in [0.2, 0.25) is 5.91 Å².